The van der Waals surface area contributed by atoms with Crippen LogP contribution in [0.15, 0.2) is 46.7 Å². The molecule has 0 bridgehead atoms. The molecule has 0 radical (unpaired) electrons. The van der Waals surface area contributed by atoms with Crippen LogP contribution < -0.4 is 5.32 Å². The number of nitrogens with one attached hydrogen (secondary N) is 1. The van der Waals surface area contributed by atoms with Crippen LogP contribution in [0, 0.1) is 0 Å². The number of carbonyl (C=O) groups is 1. The molecule has 0 saturated heterocycles. The monoisotopic (exact) mass is 352 g/mol. The van der Waals surface area contributed by atoms with Gasteiger partial charge in [-0.3, -0.25) is 4.79 Å². The van der Waals surface area contributed by atoms with Crippen LogP contribution in [-0.2, 0) is 21.2 Å². The molecule has 0 saturated carbocycles. The Kier molecular flexibility index (Phi) is 5.92. The van der Waals surface area contributed by atoms with Crippen molar-refractivity contribution in [2.75, 3.05) is 18.4 Å². The standard InChI is InChI=1S/C16H20N2O3S2/c1-3-18(4-2)23(20,21)15-9-5-7-13(11-15)17-16(19)12-14-8-6-10-22-14/h5-11H,3-4,12H2,1-2H3,(H,17,19). The van der Waals surface area contributed by atoms with E-state index in [9.17, 15) is 13.2 Å². The van der Waals surface area contributed by atoms with E-state index in [-0.39, 0.29) is 17.2 Å². The number of rotatable bonds is 7. The Bertz CT molecular complexity index is 751. The Morgan fingerprint density at radius 1 is 1.17 bits per heavy atom. The van der Waals surface area contributed by atoms with Crippen molar-refractivity contribution in [3.8, 4) is 0 Å². The van der Waals surface area contributed by atoms with Gasteiger partial charge in [0.05, 0.1) is 11.3 Å². The fraction of sp³-hybridized carbons (Fsp3) is 0.312. The number of carbonyl (C=O) groups excluding carboxylic acids is 1. The van der Waals surface area contributed by atoms with Gasteiger partial charge in [0, 0.05) is 23.7 Å². The van der Waals surface area contributed by atoms with E-state index in [1.165, 1.54) is 21.7 Å². The van der Waals surface area contributed by atoms with E-state index >= 15 is 0 Å². The van der Waals surface area contributed by atoms with Gasteiger partial charge in [-0.05, 0) is 29.6 Å². The lowest BCUT2D eigenvalue weighted by Gasteiger charge is -2.18. The van der Waals surface area contributed by atoms with Gasteiger partial charge in [-0.2, -0.15) is 4.31 Å². The molecular weight excluding hydrogens is 332 g/mol. The molecule has 1 heterocycles. The molecule has 1 aromatic heterocycles. The predicted molar refractivity (Wildman–Crippen MR) is 93.2 cm³/mol. The lowest BCUT2D eigenvalue weighted by atomic mass is 10.3. The third-order valence-corrected chi connectivity index (χ3v) is 6.30. The van der Waals surface area contributed by atoms with Gasteiger partial charge in [0.1, 0.15) is 0 Å². The van der Waals surface area contributed by atoms with Crippen LogP contribution in [0.3, 0.4) is 0 Å². The number of thiophene rings is 1. The first kappa shape index (κ1) is 17.7. The highest BCUT2D eigenvalue weighted by atomic mass is 32.2. The lowest BCUT2D eigenvalue weighted by molar-refractivity contribution is -0.115. The van der Waals surface area contributed by atoms with Gasteiger partial charge in [0.15, 0.2) is 0 Å². The van der Waals surface area contributed by atoms with Crippen LogP contribution in [-0.4, -0.2) is 31.7 Å². The Balaban J connectivity index is 2.15. The molecule has 0 atom stereocenters. The molecule has 1 aromatic carbocycles. The van der Waals surface area contributed by atoms with E-state index in [0.29, 0.717) is 18.8 Å². The third kappa shape index (κ3) is 4.40. The number of hydrogen-bond donors (Lipinski definition) is 1. The fourth-order valence-electron chi connectivity index (χ4n) is 2.22. The molecule has 0 aliphatic heterocycles. The topological polar surface area (TPSA) is 66.5 Å². The SMILES string of the molecule is CCN(CC)S(=O)(=O)c1cccc(NC(=O)Cc2cccs2)c1. The molecule has 1 amide bonds. The molecule has 0 aliphatic rings. The molecule has 2 rings (SSSR count). The molecule has 1 N–H and O–H groups in total. The molecule has 7 heteroatoms. The first-order chi connectivity index (χ1) is 11.0. The molecule has 23 heavy (non-hydrogen) atoms. The second kappa shape index (κ2) is 7.72. The number of benzene rings is 1. The quantitative estimate of drug-likeness (QED) is 0.833. The number of amides is 1. The van der Waals surface area contributed by atoms with Crippen molar-refractivity contribution in [3.05, 3.63) is 46.7 Å². The molecule has 5 nitrogen and oxygen atoms in total. The molecule has 0 spiro atoms. The molecule has 0 unspecified atom stereocenters. The van der Waals surface area contributed by atoms with E-state index in [0.717, 1.165) is 4.88 Å². The summed E-state index contributed by atoms with van der Waals surface area (Å²) >= 11 is 1.52. The van der Waals surface area contributed by atoms with Crippen LogP contribution in [0.1, 0.15) is 18.7 Å². The minimum atomic E-state index is -3.53. The minimum Gasteiger partial charge on any atom is -0.326 e. The van der Waals surface area contributed by atoms with Gasteiger partial charge >= 0.3 is 0 Å². The van der Waals surface area contributed by atoms with Crippen LogP contribution in [0.5, 0.6) is 0 Å². The highest BCUT2D eigenvalue weighted by Crippen LogP contribution is 2.20. The summed E-state index contributed by atoms with van der Waals surface area (Å²) in [6, 6.07) is 10.2. The average Bonchev–Trinajstić information content (AvgIpc) is 3.01. The summed E-state index contributed by atoms with van der Waals surface area (Å²) in [4.78, 5) is 13.2. The van der Waals surface area contributed by atoms with E-state index in [1.807, 2.05) is 17.5 Å². The van der Waals surface area contributed by atoms with Crippen LogP contribution in [0.25, 0.3) is 0 Å². The number of nitrogens with zero attached hydrogens (tertiary/aromatic N) is 1. The predicted octanol–water partition coefficient (Wildman–Crippen LogP) is 2.96. The van der Waals surface area contributed by atoms with Gasteiger partial charge in [0.25, 0.3) is 0 Å². The summed E-state index contributed by atoms with van der Waals surface area (Å²) in [6.45, 7) is 4.42. The van der Waals surface area contributed by atoms with Crippen molar-refractivity contribution >= 4 is 33.0 Å². The van der Waals surface area contributed by atoms with Crippen molar-refractivity contribution in [3.63, 3.8) is 0 Å². The summed E-state index contributed by atoms with van der Waals surface area (Å²) in [7, 11) is -3.53. The van der Waals surface area contributed by atoms with Gasteiger partial charge in [-0.1, -0.05) is 26.0 Å². The maximum atomic E-state index is 12.5. The van der Waals surface area contributed by atoms with Crippen LogP contribution >= 0.6 is 11.3 Å². The normalized spacial score (nSPS) is 11.6. The second-order valence-electron chi connectivity index (χ2n) is 4.92. The zero-order chi connectivity index (χ0) is 16.9. The van der Waals surface area contributed by atoms with Gasteiger partial charge in [0.2, 0.25) is 15.9 Å². The summed E-state index contributed by atoms with van der Waals surface area (Å²) < 4.78 is 26.4. The van der Waals surface area contributed by atoms with Crippen molar-refractivity contribution < 1.29 is 13.2 Å². The summed E-state index contributed by atoms with van der Waals surface area (Å²) in [5.74, 6) is -0.162. The van der Waals surface area contributed by atoms with Crippen molar-refractivity contribution in [2.24, 2.45) is 0 Å². The lowest BCUT2D eigenvalue weighted by Crippen LogP contribution is -2.30. The van der Waals surface area contributed by atoms with Crippen molar-refractivity contribution in [1.82, 2.24) is 4.31 Å². The number of anilines is 1. The number of hydrogen-bond acceptors (Lipinski definition) is 4. The fourth-order valence-corrected chi connectivity index (χ4v) is 4.43. The van der Waals surface area contributed by atoms with E-state index < -0.39 is 10.0 Å². The van der Waals surface area contributed by atoms with Crippen LogP contribution in [0.4, 0.5) is 5.69 Å². The van der Waals surface area contributed by atoms with E-state index in [2.05, 4.69) is 5.32 Å². The smallest absolute Gasteiger partial charge is 0.243 e. The van der Waals surface area contributed by atoms with Gasteiger partial charge in [-0.25, -0.2) is 8.42 Å². The summed E-state index contributed by atoms with van der Waals surface area (Å²) in [5, 5.41) is 4.67. The zero-order valence-electron chi connectivity index (χ0n) is 13.2. The highest BCUT2D eigenvalue weighted by molar-refractivity contribution is 7.89. The maximum absolute atomic E-state index is 12.5. The van der Waals surface area contributed by atoms with E-state index in [1.54, 1.807) is 32.0 Å². The Morgan fingerprint density at radius 3 is 2.52 bits per heavy atom. The zero-order valence-corrected chi connectivity index (χ0v) is 14.8. The summed E-state index contributed by atoms with van der Waals surface area (Å²) in [6.07, 6.45) is 0.282. The van der Waals surface area contributed by atoms with Gasteiger partial charge < -0.3 is 5.32 Å². The first-order valence-corrected chi connectivity index (χ1v) is 9.71. The largest absolute Gasteiger partial charge is 0.326 e. The minimum absolute atomic E-state index is 0.162. The Hall–Kier alpha value is -1.70. The molecule has 0 fully saturated rings. The molecule has 124 valence electrons. The second-order valence-corrected chi connectivity index (χ2v) is 7.89. The van der Waals surface area contributed by atoms with Crippen LogP contribution in [0.2, 0.25) is 0 Å². The summed E-state index contributed by atoms with van der Waals surface area (Å²) in [5.41, 5.74) is 0.486. The van der Waals surface area contributed by atoms with E-state index in [4.69, 9.17) is 0 Å². The molecule has 2 aromatic rings. The molecular formula is C16H20N2O3S2. The van der Waals surface area contributed by atoms with Gasteiger partial charge in [-0.15, -0.1) is 11.3 Å². The third-order valence-electron chi connectivity index (χ3n) is 3.38. The Labute approximate surface area is 141 Å². The highest BCUT2D eigenvalue weighted by Gasteiger charge is 2.21. The molecule has 0 aliphatic carbocycles. The number of sulfonamides is 1. The van der Waals surface area contributed by atoms with Crippen molar-refractivity contribution in [2.45, 2.75) is 25.2 Å². The average molecular weight is 352 g/mol. The maximum Gasteiger partial charge on any atom is 0.243 e. The first-order valence-electron chi connectivity index (χ1n) is 7.39. The Morgan fingerprint density at radius 2 is 1.91 bits per heavy atom. The van der Waals surface area contributed by atoms with Crippen molar-refractivity contribution in [1.29, 1.82) is 0 Å².